The van der Waals surface area contributed by atoms with E-state index in [0.29, 0.717) is 11.5 Å². The number of carbonyl (C=O) groups is 1. The zero-order valence-electron chi connectivity index (χ0n) is 16.8. The molecule has 1 aromatic heterocycles. The van der Waals surface area contributed by atoms with Gasteiger partial charge in [-0.25, -0.2) is 9.97 Å². The molecule has 4 rings (SSSR count). The molecule has 2 heterocycles. The lowest BCUT2D eigenvalue weighted by atomic mass is 10.1. The second kappa shape index (κ2) is 7.91. The number of anilines is 3. The summed E-state index contributed by atoms with van der Waals surface area (Å²) in [6.07, 6.45) is 4.09. The number of amides is 1. The van der Waals surface area contributed by atoms with Gasteiger partial charge in [0, 0.05) is 17.4 Å². The molecule has 0 bridgehead atoms. The van der Waals surface area contributed by atoms with E-state index in [1.54, 1.807) is 11.1 Å². The van der Waals surface area contributed by atoms with E-state index >= 15 is 0 Å². The van der Waals surface area contributed by atoms with E-state index in [1.165, 1.54) is 11.8 Å². The number of hydrogen-bond acceptors (Lipinski definition) is 5. The number of rotatable bonds is 5. The van der Waals surface area contributed by atoms with Gasteiger partial charge >= 0.3 is 0 Å². The highest BCUT2D eigenvalue weighted by Crippen LogP contribution is 2.32. The number of nitrogens with one attached hydrogen (secondary N) is 1. The number of aromatic nitrogens is 2. The van der Waals surface area contributed by atoms with Crippen LogP contribution in [0.15, 0.2) is 60.9 Å². The Labute approximate surface area is 170 Å². The van der Waals surface area contributed by atoms with Crippen LogP contribution >= 0.6 is 0 Å². The second-order valence-corrected chi connectivity index (χ2v) is 7.46. The lowest BCUT2D eigenvalue weighted by molar-refractivity contribution is 0.0976. The lowest BCUT2D eigenvalue weighted by Crippen LogP contribution is -2.36. The van der Waals surface area contributed by atoms with Crippen LogP contribution in [0, 0.1) is 0 Å². The Morgan fingerprint density at radius 2 is 1.86 bits per heavy atom. The fourth-order valence-corrected chi connectivity index (χ4v) is 3.54. The van der Waals surface area contributed by atoms with Gasteiger partial charge in [0.15, 0.2) is 0 Å². The molecule has 0 saturated heterocycles. The van der Waals surface area contributed by atoms with Crippen LogP contribution < -0.4 is 15.0 Å². The highest BCUT2D eigenvalue weighted by atomic mass is 16.5. The third-order valence-electron chi connectivity index (χ3n) is 4.80. The van der Waals surface area contributed by atoms with Crippen molar-refractivity contribution in [3.05, 3.63) is 72.2 Å². The molecular formula is C23H24N4O2. The predicted octanol–water partition coefficient (Wildman–Crippen LogP) is 4.60. The van der Waals surface area contributed by atoms with Crippen molar-refractivity contribution in [1.82, 2.24) is 9.97 Å². The normalized spacial score (nSPS) is 15.3. The summed E-state index contributed by atoms with van der Waals surface area (Å²) in [5.74, 6) is 1.27. The first-order valence-corrected chi connectivity index (χ1v) is 9.78. The first-order chi connectivity index (χ1) is 14.0. The number of carbonyl (C=O) groups excluding carboxylic acids is 1. The SMILES string of the molecule is CC(C)Oc1ccc(Nc2cnc(C(=O)N3c4ccccc4CC3C)cn2)cc1. The summed E-state index contributed by atoms with van der Waals surface area (Å²) >= 11 is 0. The first kappa shape index (κ1) is 18.9. The van der Waals surface area contributed by atoms with Crippen molar-refractivity contribution >= 4 is 23.1 Å². The fourth-order valence-electron chi connectivity index (χ4n) is 3.54. The predicted molar refractivity (Wildman–Crippen MR) is 114 cm³/mol. The van der Waals surface area contributed by atoms with Gasteiger partial charge < -0.3 is 15.0 Å². The summed E-state index contributed by atoms with van der Waals surface area (Å²) < 4.78 is 5.65. The summed E-state index contributed by atoms with van der Waals surface area (Å²) in [7, 11) is 0. The summed E-state index contributed by atoms with van der Waals surface area (Å²) in [4.78, 5) is 23.5. The molecule has 1 unspecified atom stereocenters. The van der Waals surface area contributed by atoms with Gasteiger partial charge in [-0.3, -0.25) is 4.79 Å². The number of benzene rings is 2. The molecule has 0 aliphatic carbocycles. The minimum absolute atomic E-state index is 0.103. The average Bonchev–Trinajstić information content (AvgIpc) is 3.05. The lowest BCUT2D eigenvalue weighted by Gasteiger charge is -2.22. The van der Waals surface area contributed by atoms with Crippen molar-refractivity contribution in [2.75, 3.05) is 10.2 Å². The van der Waals surface area contributed by atoms with E-state index in [4.69, 9.17) is 4.74 Å². The Morgan fingerprint density at radius 3 is 2.55 bits per heavy atom. The number of ether oxygens (including phenoxy) is 1. The Bertz CT molecular complexity index is 1000. The highest BCUT2D eigenvalue weighted by molar-refractivity contribution is 6.06. The molecule has 1 aliphatic heterocycles. The van der Waals surface area contributed by atoms with Gasteiger partial charge in [-0.05, 0) is 63.1 Å². The summed E-state index contributed by atoms with van der Waals surface area (Å²) in [5.41, 5.74) is 3.35. The van der Waals surface area contributed by atoms with Gasteiger partial charge in [-0.15, -0.1) is 0 Å². The molecule has 1 N–H and O–H groups in total. The number of nitrogens with zero attached hydrogens (tertiary/aromatic N) is 3. The van der Waals surface area contributed by atoms with Crippen LogP contribution in [0.3, 0.4) is 0 Å². The minimum atomic E-state index is -0.128. The van der Waals surface area contributed by atoms with Crippen LogP contribution in [0.2, 0.25) is 0 Å². The standard InChI is InChI=1S/C23H24N4O2/c1-15(2)29-19-10-8-18(9-11-19)26-22-14-24-20(13-25-22)23(28)27-16(3)12-17-6-4-5-7-21(17)27/h4-11,13-16H,12H2,1-3H3,(H,25,26). The third-order valence-corrected chi connectivity index (χ3v) is 4.80. The first-order valence-electron chi connectivity index (χ1n) is 9.78. The zero-order chi connectivity index (χ0) is 20.4. The van der Waals surface area contributed by atoms with Crippen molar-refractivity contribution in [2.45, 2.75) is 39.3 Å². The van der Waals surface area contributed by atoms with Crippen LogP contribution in [0.1, 0.15) is 36.8 Å². The monoisotopic (exact) mass is 388 g/mol. The molecule has 29 heavy (non-hydrogen) atoms. The van der Waals surface area contributed by atoms with Crippen molar-refractivity contribution in [2.24, 2.45) is 0 Å². The average molecular weight is 388 g/mol. The van der Waals surface area contributed by atoms with E-state index in [2.05, 4.69) is 21.4 Å². The number of fused-ring (bicyclic) bond motifs is 1. The molecule has 2 aromatic carbocycles. The summed E-state index contributed by atoms with van der Waals surface area (Å²) in [5, 5.41) is 3.19. The Balaban J connectivity index is 1.46. The Kier molecular flexibility index (Phi) is 5.16. The molecular weight excluding hydrogens is 364 g/mol. The van der Waals surface area contributed by atoms with Gasteiger partial charge in [0.05, 0.1) is 18.5 Å². The molecule has 148 valence electrons. The third kappa shape index (κ3) is 4.06. The molecule has 1 amide bonds. The van der Waals surface area contributed by atoms with Crippen LogP contribution in [-0.4, -0.2) is 28.0 Å². The van der Waals surface area contributed by atoms with E-state index in [9.17, 15) is 4.79 Å². The Morgan fingerprint density at radius 1 is 1.10 bits per heavy atom. The largest absolute Gasteiger partial charge is 0.491 e. The van der Waals surface area contributed by atoms with Gasteiger partial charge in [0.2, 0.25) is 0 Å². The second-order valence-electron chi connectivity index (χ2n) is 7.46. The molecule has 0 spiro atoms. The molecule has 3 aromatic rings. The quantitative estimate of drug-likeness (QED) is 0.692. The van der Waals surface area contributed by atoms with Gasteiger partial charge in [0.1, 0.15) is 17.3 Å². The smallest absolute Gasteiger partial charge is 0.278 e. The maximum atomic E-state index is 13.0. The molecule has 1 atom stereocenters. The molecule has 6 nitrogen and oxygen atoms in total. The van der Waals surface area contributed by atoms with E-state index in [0.717, 1.165) is 23.5 Å². The van der Waals surface area contributed by atoms with Gasteiger partial charge in [-0.2, -0.15) is 0 Å². The van der Waals surface area contributed by atoms with Crippen molar-refractivity contribution in [1.29, 1.82) is 0 Å². The molecule has 0 fully saturated rings. The number of hydrogen-bond donors (Lipinski definition) is 1. The summed E-state index contributed by atoms with van der Waals surface area (Å²) in [6, 6.07) is 15.7. The maximum absolute atomic E-state index is 13.0. The minimum Gasteiger partial charge on any atom is -0.491 e. The molecule has 0 radical (unpaired) electrons. The molecule has 0 saturated carbocycles. The van der Waals surface area contributed by atoms with Gasteiger partial charge in [0.25, 0.3) is 5.91 Å². The topological polar surface area (TPSA) is 67.3 Å². The van der Waals surface area contributed by atoms with E-state index in [1.807, 2.05) is 63.2 Å². The Hall–Kier alpha value is -3.41. The maximum Gasteiger partial charge on any atom is 0.278 e. The van der Waals surface area contributed by atoms with Crippen molar-refractivity contribution < 1.29 is 9.53 Å². The highest BCUT2D eigenvalue weighted by Gasteiger charge is 2.31. The van der Waals surface area contributed by atoms with Gasteiger partial charge in [-0.1, -0.05) is 18.2 Å². The van der Waals surface area contributed by atoms with E-state index in [-0.39, 0.29) is 18.1 Å². The van der Waals surface area contributed by atoms with Crippen molar-refractivity contribution in [3.8, 4) is 5.75 Å². The van der Waals surface area contributed by atoms with Crippen LogP contribution in [-0.2, 0) is 6.42 Å². The summed E-state index contributed by atoms with van der Waals surface area (Å²) in [6.45, 7) is 6.03. The van der Waals surface area contributed by atoms with Crippen LogP contribution in [0.25, 0.3) is 0 Å². The van der Waals surface area contributed by atoms with E-state index < -0.39 is 0 Å². The molecule has 6 heteroatoms. The zero-order valence-corrected chi connectivity index (χ0v) is 16.8. The fraction of sp³-hybridized carbons (Fsp3) is 0.261. The number of para-hydroxylation sites is 1. The van der Waals surface area contributed by atoms with Crippen LogP contribution in [0.4, 0.5) is 17.2 Å². The van der Waals surface area contributed by atoms with Crippen LogP contribution in [0.5, 0.6) is 5.75 Å². The molecule has 1 aliphatic rings. The van der Waals surface area contributed by atoms with Crippen molar-refractivity contribution in [3.63, 3.8) is 0 Å².